The Morgan fingerprint density at radius 2 is 1.79 bits per heavy atom. The van der Waals surface area contributed by atoms with Gasteiger partial charge in [0.1, 0.15) is 0 Å². The van der Waals surface area contributed by atoms with E-state index in [0.29, 0.717) is 17.6 Å². The molecule has 0 aromatic rings. The fourth-order valence-electron chi connectivity index (χ4n) is 2.48. The maximum Gasteiger partial charge on any atom is 0.316 e. The molecule has 0 aromatic heterocycles. The highest BCUT2D eigenvalue weighted by Gasteiger charge is 2.25. The number of piperidine rings is 1. The Morgan fingerprint density at radius 1 is 1.21 bits per heavy atom. The minimum absolute atomic E-state index is 0.0902. The summed E-state index contributed by atoms with van der Waals surface area (Å²) in [5.74, 6) is 1.66. The zero-order valence-corrected chi connectivity index (χ0v) is 13.2. The van der Waals surface area contributed by atoms with Crippen LogP contribution < -0.4 is 0 Å². The van der Waals surface area contributed by atoms with Gasteiger partial charge < -0.3 is 9.64 Å². The molecule has 1 aliphatic rings. The number of carbonyl (C=O) groups is 2. The van der Waals surface area contributed by atoms with Gasteiger partial charge in [-0.1, -0.05) is 13.8 Å². The molecule has 1 amide bonds. The maximum atomic E-state index is 12.0. The zero-order chi connectivity index (χ0) is 14.4. The number of rotatable bonds is 5. The van der Waals surface area contributed by atoms with Crippen LogP contribution in [0.25, 0.3) is 0 Å². The number of hydrogen-bond donors (Lipinski definition) is 0. The zero-order valence-electron chi connectivity index (χ0n) is 12.3. The average Bonchev–Trinajstić information content (AvgIpc) is 2.26. The SMILES string of the molecule is CC1CC(C)CN(C(=O)CSCC(=O)OC(C)C)C1. The van der Waals surface area contributed by atoms with Crippen molar-refractivity contribution in [2.75, 3.05) is 24.6 Å². The molecule has 2 atom stereocenters. The lowest BCUT2D eigenvalue weighted by Gasteiger charge is -2.35. The molecule has 1 aliphatic heterocycles. The number of nitrogens with zero attached hydrogens (tertiary/aromatic N) is 1. The highest BCUT2D eigenvalue weighted by Crippen LogP contribution is 2.21. The van der Waals surface area contributed by atoms with Crippen molar-refractivity contribution in [3.05, 3.63) is 0 Å². The standard InChI is InChI=1S/C14H25NO3S/c1-10(2)18-14(17)9-19-8-13(16)15-6-11(3)5-12(4)7-15/h10-12H,5-9H2,1-4H3. The molecule has 1 fully saturated rings. The monoisotopic (exact) mass is 287 g/mol. The molecule has 0 aliphatic carbocycles. The highest BCUT2D eigenvalue weighted by molar-refractivity contribution is 8.00. The van der Waals surface area contributed by atoms with E-state index in [1.807, 2.05) is 18.7 Å². The van der Waals surface area contributed by atoms with Crippen LogP contribution in [0.4, 0.5) is 0 Å². The molecule has 0 saturated carbocycles. The summed E-state index contributed by atoms with van der Waals surface area (Å²) in [5, 5.41) is 0. The Morgan fingerprint density at radius 3 is 2.32 bits per heavy atom. The molecule has 110 valence electrons. The van der Waals surface area contributed by atoms with Crippen molar-refractivity contribution in [3.8, 4) is 0 Å². The summed E-state index contributed by atoms with van der Waals surface area (Å²) in [5.41, 5.74) is 0. The molecule has 1 saturated heterocycles. The number of esters is 1. The molecule has 0 radical (unpaired) electrons. The Kier molecular flexibility index (Phi) is 6.69. The summed E-state index contributed by atoms with van der Waals surface area (Å²) in [7, 11) is 0. The largest absolute Gasteiger partial charge is 0.462 e. The van der Waals surface area contributed by atoms with Gasteiger partial charge in [0.05, 0.1) is 17.6 Å². The van der Waals surface area contributed by atoms with E-state index >= 15 is 0 Å². The van der Waals surface area contributed by atoms with Gasteiger partial charge in [-0.25, -0.2) is 0 Å². The number of carbonyl (C=O) groups excluding carboxylic acids is 2. The van der Waals surface area contributed by atoms with E-state index in [1.165, 1.54) is 18.2 Å². The van der Waals surface area contributed by atoms with Crippen LogP contribution in [0.5, 0.6) is 0 Å². The fraction of sp³-hybridized carbons (Fsp3) is 0.857. The Balaban J connectivity index is 2.25. The van der Waals surface area contributed by atoms with Crippen molar-refractivity contribution in [2.24, 2.45) is 11.8 Å². The summed E-state index contributed by atoms with van der Waals surface area (Å²) in [6, 6.07) is 0. The van der Waals surface area contributed by atoms with E-state index in [2.05, 4.69) is 13.8 Å². The number of hydrogen-bond acceptors (Lipinski definition) is 4. The maximum absolute atomic E-state index is 12.0. The van der Waals surface area contributed by atoms with Gasteiger partial charge in [-0.3, -0.25) is 9.59 Å². The second-order valence-corrected chi connectivity index (χ2v) is 6.76. The molecular formula is C14H25NO3S. The van der Waals surface area contributed by atoms with Gasteiger partial charge >= 0.3 is 5.97 Å². The van der Waals surface area contributed by atoms with Crippen LogP contribution in [-0.2, 0) is 14.3 Å². The molecule has 0 bridgehead atoms. The van der Waals surface area contributed by atoms with Gasteiger partial charge in [0.25, 0.3) is 0 Å². The Hall–Kier alpha value is -0.710. The van der Waals surface area contributed by atoms with Crippen LogP contribution >= 0.6 is 11.8 Å². The molecule has 19 heavy (non-hydrogen) atoms. The van der Waals surface area contributed by atoms with Crippen LogP contribution in [0.3, 0.4) is 0 Å². The number of likely N-dealkylation sites (tertiary alicyclic amines) is 1. The predicted molar refractivity (Wildman–Crippen MR) is 78.1 cm³/mol. The Bertz CT molecular complexity index is 310. The first-order valence-electron chi connectivity index (χ1n) is 6.93. The molecule has 4 nitrogen and oxygen atoms in total. The predicted octanol–water partition coefficient (Wildman–Crippen LogP) is 2.18. The molecule has 1 rings (SSSR count). The third-order valence-electron chi connectivity index (χ3n) is 3.03. The van der Waals surface area contributed by atoms with Gasteiger partial charge in [-0.05, 0) is 32.1 Å². The lowest BCUT2D eigenvalue weighted by molar-refractivity contribution is -0.144. The molecular weight excluding hydrogens is 262 g/mol. The van der Waals surface area contributed by atoms with Crippen LogP contribution in [0.1, 0.15) is 34.1 Å². The van der Waals surface area contributed by atoms with E-state index in [-0.39, 0.29) is 23.7 Å². The van der Waals surface area contributed by atoms with Crippen LogP contribution in [0.2, 0.25) is 0 Å². The lowest BCUT2D eigenvalue weighted by Crippen LogP contribution is -2.43. The first-order chi connectivity index (χ1) is 8.88. The first kappa shape index (κ1) is 16.3. The third-order valence-corrected chi connectivity index (χ3v) is 3.93. The van der Waals surface area contributed by atoms with Crippen molar-refractivity contribution in [1.82, 2.24) is 4.90 Å². The molecule has 5 heteroatoms. The summed E-state index contributed by atoms with van der Waals surface area (Å²) >= 11 is 1.34. The highest BCUT2D eigenvalue weighted by atomic mass is 32.2. The van der Waals surface area contributed by atoms with Gasteiger partial charge in [-0.2, -0.15) is 0 Å². The van der Waals surface area contributed by atoms with E-state index in [9.17, 15) is 9.59 Å². The Labute approximate surface area is 120 Å². The van der Waals surface area contributed by atoms with Crippen molar-refractivity contribution in [1.29, 1.82) is 0 Å². The molecule has 2 unspecified atom stereocenters. The fourth-order valence-corrected chi connectivity index (χ4v) is 3.17. The van der Waals surface area contributed by atoms with Crippen molar-refractivity contribution < 1.29 is 14.3 Å². The van der Waals surface area contributed by atoms with E-state index in [4.69, 9.17) is 4.74 Å². The van der Waals surface area contributed by atoms with Gasteiger partial charge in [-0.15, -0.1) is 11.8 Å². The summed E-state index contributed by atoms with van der Waals surface area (Å²) in [6.07, 6.45) is 1.10. The summed E-state index contributed by atoms with van der Waals surface area (Å²) in [4.78, 5) is 25.3. The van der Waals surface area contributed by atoms with Gasteiger partial charge in [0.15, 0.2) is 0 Å². The normalized spacial score (nSPS) is 23.5. The van der Waals surface area contributed by atoms with Crippen molar-refractivity contribution in [3.63, 3.8) is 0 Å². The topological polar surface area (TPSA) is 46.6 Å². The quantitative estimate of drug-likeness (QED) is 0.727. The molecule has 1 heterocycles. The minimum Gasteiger partial charge on any atom is -0.462 e. The number of amides is 1. The number of ether oxygens (including phenoxy) is 1. The second-order valence-electron chi connectivity index (χ2n) is 5.78. The summed E-state index contributed by atoms with van der Waals surface area (Å²) in [6.45, 7) is 9.71. The molecule has 0 N–H and O–H groups in total. The van der Waals surface area contributed by atoms with Gasteiger partial charge in [0, 0.05) is 13.1 Å². The third kappa shape index (κ3) is 6.32. The van der Waals surface area contributed by atoms with Crippen molar-refractivity contribution in [2.45, 2.75) is 40.2 Å². The van der Waals surface area contributed by atoms with E-state index in [1.54, 1.807) is 0 Å². The van der Waals surface area contributed by atoms with Crippen molar-refractivity contribution >= 4 is 23.6 Å². The van der Waals surface area contributed by atoms with Crippen LogP contribution in [-0.4, -0.2) is 47.5 Å². The second kappa shape index (κ2) is 7.78. The number of thioether (sulfide) groups is 1. The molecule has 0 aromatic carbocycles. The summed E-state index contributed by atoms with van der Waals surface area (Å²) < 4.78 is 5.03. The van der Waals surface area contributed by atoms with Gasteiger partial charge in [0.2, 0.25) is 5.91 Å². The van der Waals surface area contributed by atoms with Crippen LogP contribution in [0.15, 0.2) is 0 Å². The lowest BCUT2D eigenvalue weighted by atomic mass is 9.92. The van der Waals surface area contributed by atoms with E-state index in [0.717, 1.165) is 13.1 Å². The first-order valence-corrected chi connectivity index (χ1v) is 8.09. The smallest absolute Gasteiger partial charge is 0.316 e. The van der Waals surface area contributed by atoms with E-state index < -0.39 is 0 Å². The molecule has 0 spiro atoms. The average molecular weight is 287 g/mol. The van der Waals surface area contributed by atoms with Crippen LogP contribution in [0, 0.1) is 11.8 Å². The minimum atomic E-state index is -0.242.